The molecule has 4 nitrogen and oxygen atoms in total. The molecule has 2 rings (SSSR count). The molecule has 1 N–H and O–H groups in total. The summed E-state index contributed by atoms with van der Waals surface area (Å²) in [6.07, 6.45) is 0. The van der Waals surface area contributed by atoms with Crippen molar-refractivity contribution in [2.24, 2.45) is 0 Å². The lowest BCUT2D eigenvalue weighted by Crippen LogP contribution is -2.08. The van der Waals surface area contributed by atoms with Crippen molar-refractivity contribution in [1.82, 2.24) is 9.97 Å². The van der Waals surface area contributed by atoms with E-state index >= 15 is 0 Å². The molecule has 0 amide bonds. The SMILES string of the molecule is CCNc1nc(-c2cc(Br)c(Br)s2)nc(COC)c1I. The Hall–Kier alpha value is 0.230. The topological polar surface area (TPSA) is 47.0 Å². The van der Waals surface area contributed by atoms with E-state index in [1.54, 1.807) is 18.4 Å². The van der Waals surface area contributed by atoms with Gasteiger partial charge in [0.1, 0.15) is 5.82 Å². The number of ether oxygens (including phenoxy) is 1. The molecule has 0 aliphatic rings. The molecular formula is C12H12Br2IN3OS. The van der Waals surface area contributed by atoms with E-state index in [9.17, 15) is 0 Å². The number of hydrogen-bond donors (Lipinski definition) is 1. The molecule has 0 unspecified atom stereocenters. The number of methoxy groups -OCH3 is 1. The number of hydrogen-bond acceptors (Lipinski definition) is 5. The van der Waals surface area contributed by atoms with Crippen molar-refractivity contribution in [3.63, 3.8) is 0 Å². The van der Waals surface area contributed by atoms with Gasteiger partial charge in [0, 0.05) is 18.1 Å². The summed E-state index contributed by atoms with van der Waals surface area (Å²) in [5.74, 6) is 1.57. The fourth-order valence-electron chi connectivity index (χ4n) is 1.58. The van der Waals surface area contributed by atoms with E-state index in [4.69, 9.17) is 4.74 Å². The molecular weight excluding hydrogens is 521 g/mol. The normalized spacial score (nSPS) is 10.8. The van der Waals surface area contributed by atoms with Crippen molar-refractivity contribution in [2.45, 2.75) is 13.5 Å². The van der Waals surface area contributed by atoms with Crippen molar-refractivity contribution in [3.8, 4) is 10.7 Å². The first kappa shape index (κ1) is 16.6. The van der Waals surface area contributed by atoms with Crippen LogP contribution in [0.15, 0.2) is 14.3 Å². The largest absolute Gasteiger partial charge is 0.378 e. The Balaban J connectivity index is 2.52. The average Bonchev–Trinajstić information content (AvgIpc) is 2.75. The molecule has 0 aromatic carbocycles. The third-order valence-corrected chi connectivity index (χ3v) is 6.80. The third kappa shape index (κ3) is 3.70. The maximum absolute atomic E-state index is 5.22. The molecule has 2 aromatic rings. The van der Waals surface area contributed by atoms with Gasteiger partial charge in [-0.2, -0.15) is 0 Å². The van der Waals surface area contributed by atoms with Gasteiger partial charge in [-0.25, -0.2) is 9.97 Å². The second kappa shape index (κ2) is 7.48. The van der Waals surface area contributed by atoms with Crippen LogP contribution in [0.1, 0.15) is 12.6 Å². The van der Waals surface area contributed by atoms with Gasteiger partial charge in [0.15, 0.2) is 5.82 Å². The number of aromatic nitrogens is 2. The Bertz CT molecular complexity index is 574. The summed E-state index contributed by atoms with van der Waals surface area (Å²) in [5.41, 5.74) is 0.898. The Labute approximate surface area is 152 Å². The van der Waals surface area contributed by atoms with Gasteiger partial charge in [-0.15, -0.1) is 11.3 Å². The van der Waals surface area contributed by atoms with Gasteiger partial charge in [-0.05, 0) is 67.4 Å². The Morgan fingerprint density at radius 1 is 1.40 bits per heavy atom. The summed E-state index contributed by atoms with van der Waals surface area (Å²) in [6, 6.07) is 2.02. The second-order valence-electron chi connectivity index (χ2n) is 3.85. The van der Waals surface area contributed by atoms with Crippen LogP contribution in [0.2, 0.25) is 0 Å². The molecule has 0 spiro atoms. The van der Waals surface area contributed by atoms with Crippen LogP contribution in [0.3, 0.4) is 0 Å². The quantitative estimate of drug-likeness (QED) is 0.556. The van der Waals surface area contributed by atoms with E-state index in [0.29, 0.717) is 12.4 Å². The molecule has 0 atom stereocenters. The minimum absolute atomic E-state index is 0.472. The van der Waals surface area contributed by atoms with Crippen LogP contribution in [0.25, 0.3) is 10.7 Å². The highest BCUT2D eigenvalue weighted by Gasteiger charge is 2.15. The number of anilines is 1. The predicted molar refractivity (Wildman–Crippen MR) is 98.3 cm³/mol. The Morgan fingerprint density at radius 2 is 2.15 bits per heavy atom. The van der Waals surface area contributed by atoms with Gasteiger partial charge in [0.25, 0.3) is 0 Å². The van der Waals surface area contributed by atoms with Crippen LogP contribution in [-0.2, 0) is 11.3 Å². The Kier molecular flexibility index (Phi) is 6.21. The fourth-order valence-corrected chi connectivity index (χ4v) is 4.13. The lowest BCUT2D eigenvalue weighted by atomic mass is 10.3. The summed E-state index contributed by atoms with van der Waals surface area (Å²) in [6.45, 7) is 3.34. The minimum Gasteiger partial charge on any atom is -0.378 e. The van der Waals surface area contributed by atoms with Crippen LogP contribution in [-0.4, -0.2) is 23.6 Å². The number of halogens is 3. The second-order valence-corrected chi connectivity index (χ2v) is 8.16. The first-order valence-corrected chi connectivity index (χ1v) is 9.29. The Morgan fingerprint density at radius 3 is 2.70 bits per heavy atom. The molecule has 0 radical (unpaired) electrons. The van der Waals surface area contributed by atoms with Crippen LogP contribution in [0.5, 0.6) is 0 Å². The van der Waals surface area contributed by atoms with E-state index in [2.05, 4.69) is 69.7 Å². The van der Waals surface area contributed by atoms with Gasteiger partial charge in [0.2, 0.25) is 0 Å². The van der Waals surface area contributed by atoms with Crippen molar-refractivity contribution in [1.29, 1.82) is 0 Å². The van der Waals surface area contributed by atoms with Crippen molar-refractivity contribution in [3.05, 3.63) is 23.6 Å². The maximum Gasteiger partial charge on any atom is 0.172 e. The summed E-state index contributed by atoms with van der Waals surface area (Å²) in [4.78, 5) is 10.2. The highest BCUT2D eigenvalue weighted by molar-refractivity contribution is 14.1. The van der Waals surface area contributed by atoms with Gasteiger partial charge in [0.05, 0.1) is 24.5 Å². The van der Waals surface area contributed by atoms with Crippen LogP contribution in [0.4, 0.5) is 5.82 Å². The zero-order chi connectivity index (χ0) is 14.7. The van der Waals surface area contributed by atoms with E-state index in [0.717, 1.165) is 34.8 Å². The molecule has 0 aliphatic heterocycles. The van der Waals surface area contributed by atoms with E-state index in [-0.39, 0.29) is 0 Å². The maximum atomic E-state index is 5.22. The number of nitrogens with zero attached hydrogens (tertiary/aromatic N) is 2. The van der Waals surface area contributed by atoms with Crippen molar-refractivity contribution >= 4 is 71.6 Å². The van der Waals surface area contributed by atoms with Crippen LogP contribution < -0.4 is 5.32 Å². The summed E-state index contributed by atoms with van der Waals surface area (Å²) in [7, 11) is 1.67. The molecule has 108 valence electrons. The van der Waals surface area contributed by atoms with Crippen LogP contribution >= 0.6 is 65.8 Å². The lowest BCUT2D eigenvalue weighted by Gasteiger charge is -2.11. The molecule has 0 aliphatic carbocycles. The molecule has 20 heavy (non-hydrogen) atoms. The molecule has 2 heterocycles. The monoisotopic (exact) mass is 531 g/mol. The molecule has 0 fully saturated rings. The van der Waals surface area contributed by atoms with Crippen molar-refractivity contribution in [2.75, 3.05) is 19.0 Å². The minimum atomic E-state index is 0.472. The van der Waals surface area contributed by atoms with Gasteiger partial charge >= 0.3 is 0 Å². The first-order chi connectivity index (χ1) is 9.56. The number of rotatable bonds is 5. The average molecular weight is 533 g/mol. The van der Waals surface area contributed by atoms with Gasteiger partial charge in [-0.1, -0.05) is 0 Å². The fraction of sp³-hybridized carbons (Fsp3) is 0.333. The zero-order valence-corrected chi connectivity index (χ0v) is 17.0. The van der Waals surface area contributed by atoms with Crippen molar-refractivity contribution < 1.29 is 4.74 Å². The third-order valence-electron chi connectivity index (χ3n) is 2.41. The highest BCUT2D eigenvalue weighted by Crippen LogP contribution is 2.37. The first-order valence-electron chi connectivity index (χ1n) is 5.81. The molecule has 2 aromatic heterocycles. The predicted octanol–water partition coefficient (Wildman–Crippen LogP) is 4.91. The van der Waals surface area contributed by atoms with E-state index < -0.39 is 0 Å². The molecule has 0 saturated heterocycles. The van der Waals surface area contributed by atoms with Gasteiger partial charge in [-0.3, -0.25) is 0 Å². The smallest absolute Gasteiger partial charge is 0.172 e. The highest BCUT2D eigenvalue weighted by atomic mass is 127. The standard InChI is InChI=1S/C12H12Br2IN3OS/c1-3-16-12-9(15)7(5-19-2)17-11(18-12)8-4-6(13)10(14)20-8/h4H,3,5H2,1-2H3,(H,16,17,18). The molecule has 8 heteroatoms. The summed E-state index contributed by atoms with van der Waals surface area (Å²) >= 11 is 10.8. The van der Waals surface area contributed by atoms with E-state index in [1.165, 1.54) is 0 Å². The zero-order valence-electron chi connectivity index (χ0n) is 10.8. The molecule has 0 bridgehead atoms. The van der Waals surface area contributed by atoms with Gasteiger partial charge < -0.3 is 10.1 Å². The van der Waals surface area contributed by atoms with Crippen LogP contribution in [0, 0.1) is 3.57 Å². The lowest BCUT2D eigenvalue weighted by molar-refractivity contribution is 0.181. The molecule has 0 saturated carbocycles. The number of thiophene rings is 1. The summed E-state index contributed by atoms with van der Waals surface area (Å²) < 4.78 is 8.28. The summed E-state index contributed by atoms with van der Waals surface area (Å²) in [5, 5.41) is 3.27. The van der Waals surface area contributed by atoms with E-state index in [1.807, 2.05) is 13.0 Å². The number of nitrogens with one attached hydrogen (secondary N) is 1.